The molecule has 5 nitrogen and oxygen atoms in total. The second-order valence-electron chi connectivity index (χ2n) is 7.21. The standard InChI is InChI=1S/C23H30N2O3/c1-4-25(23(26)22-13-12-21(15-24)28-22)16(2)17-8-10-18(11-9-17)19-6-5-7-20(14-19)27-3/h5-11,14,16,21-22H,4,12-13,15,24H2,1-3H3/t16?,21-,22+/m1/s1. The molecule has 2 N–H and O–H groups in total. The molecule has 28 heavy (non-hydrogen) atoms. The third-order valence-corrected chi connectivity index (χ3v) is 5.53. The summed E-state index contributed by atoms with van der Waals surface area (Å²) in [5, 5.41) is 0. The molecule has 0 bridgehead atoms. The second-order valence-corrected chi connectivity index (χ2v) is 7.21. The molecule has 0 radical (unpaired) electrons. The van der Waals surface area contributed by atoms with Crippen molar-refractivity contribution >= 4 is 5.91 Å². The number of methoxy groups -OCH3 is 1. The van der Waals surface area contributed by atoms with Gasteiger partial charge in [-0.2, -0.15) is 0 Å². The van der Waals surface area contributed by atoms with Gasteiger partial charge >= 0.3 is 0 Å². The summed E-state index contributed by atoms with van der Waals surface area (Å²) >= 11 is 0. The molecule has 0 aliphatic carbocycles. The Labute approximate surface area is 167 Å². The zero-order valence-corrected chi connectivity index (χ0v) is 16.9. The van der Waals surface area contributed by atoms with Crippen LogP contribution in [-0.4, -0.2) is 43.2 Å². The van der Waals surface area contributed by atoms with Crippen molar-refractivity contribution < 1.29 is 14.3 Å². The highest BCUT2D eigenvalue weighted by Crippen LogP contribution is 2.29. The first-order valence-electron chi connectivity index (χ1n) is 9.97. The van der Waals surface area contributed by atoms with Gasteiger partial charge in [0.15, 0.2) is 0 Å². The average molecular weight is 383 g/mol. The fourth-order valence-electron chi connectivity index (χ4n) is 3.80. The summed E-state index contributed by atoms with van der Waals surface area (Å²) in [7, 11) is 1.67. The van der Waals surface area contributed by atoms with E-state index in [-0.39, 0.29) is 24.2 Å². The van der Waals surface area contributed by atoms with Crippen LogP contribution in [0.1, 0.15) is 38.3 Å². The van der Waals surface area contributed by atoms with E-state index in [1.54, 1.807) is 7.11 Å². The predicted octanol–water partition coefficient (Wildman–Crippen LogP) is 3.78. The van der Waals surface area contributed by atoms with E-state index in [1.165, 1.54) is 0 Å². The van der Waals surface area contributed by atoms with E-state index in [0.717, 1.165) is 35.3 Å². The molecule has 1 fully saturated rings. The molecule has 1 saturated heterocycles. The van der Waals surface area contributed by atoms with Gasteiger partial charge in [-0.15, -0.1) is 0 Å². The van der Waals surface area contributed by atoms with E-state index in [4.69, 9.17) is 15.2 Å². The SMILES string of the molecule is CCN(C(=O)[C@@H]1CC[C@H](CN)O1)C(C)c1ccc(-c2cccc(OC)c2)cc1. The Morgan fingerprint density at radius 3 is 2.57 bits per heavy atom. The van der Waals surface area contributed by atoms with Crippen molar-refractivity contribution in [2.24, 2.45) is 5.73 Å². The van der Waals surface area contributed by atoms with Crippen molar-refractivity contribution in [3.8, 4) is 16.9 Å². The van der Waals surface area contributed by atoms with Crippen LogP contribution in [0, 0.1) is 0 Å². The zero-order chi connectivity index (χ0) is 20.1. The summed E-state index contributed by atoms with van der Waals surface area (Å²) in [4.78, 5) is 14.9. The van der Waals surface area contributed by atoms with Crippen LogP contribution in [0.2, 0.25) is 0 Å². The number of nitrogens with two attached hydrogens (primary N) is 1. The van der Waals surface area contributed by atoms with Gasteiger partial charge in [0.25, 0.3) is 5.91 Å². The third-order valence-electron chi connectivity index (χ3n) is 5.53. The number of likely N-dealkylation sites (N-methyl/N-ethyl adjacent to an activating group) is 1. The van der Waals surface area contributed by atoms with Gasteiger partial charge in [-0.3, -0.25) is 4.79 Å². The van der Waals surface area contributed by atoms with Gasteiger partial charge in [0, 0.05) is 13.1 Å². The van der Waals surface area contributed by atoms with Crippen molar-refractivity contribution in [2.75, 3.05) is 20.2 Å². The van der Waals surface area contributed by atoms with Crippen LogP contribution in [-0.2, 0) is 9.53 Å². The largest absolute Gasteiger partial charge is 0.497 e. The van der Waals surface area contributed by atoms with Crippen LogP contribution < -0.4 is 10.5 Å². The molecule has 1 heterocycles. The Kier molecular flexibility index (Phi) is 6.70. The highest BCUT2D eigenvalue weighted by molar-refractivity contribution is 5.81. The summed E-state index contributed by atoms with van der Waals surface area (Å²) < 4.78 is 11.1. The van der Waals surface area contributed by atoms with E-state index in [2.05, 4.69) is 37.3 Å². The van der Waals surface area contributed by atoms with E-state index in [0.29, 0.717) is 13.1 Å². The van der Waals surface area contributed by atoms with E-state index < -0.39 is 0 Å². The fraction of sp³-hybridized carbons (Fsp3) is 0.435. The Morgan fingerprint density at radius 2 is 1.96 bits per heavy atom. The van der Waals surface area contributed by atoms with Crippen LogP contribution in [0.25, 0.3) is 11.1 Å². The van der Waals surface area contributed by atoms with Gasteiger partial charge in [0.05, 0.1) is 19.3 Å². The Balaban J connectivity index is 1.73. The molecule has 1 aliphatic heterocycles. The molecule has 0 spiro atoms. The van der Waals surface area contributed by atoms with Crippen LogP contribution in [0.5, 0.6) is 5.75 Å². The lowest BCUT2D eigenvalue weighted by Gasteiger charge is -2.30. The minimum atomic E-state index is -0.369. The number of amides is 1. The summed E-state index contributed by atoms with van der Waals surface area (Å²) in [5.74, 6) is 0.896. The Hall–Kier alpha value is -2.37. The van der Waals surface area contributed by atoms with Crippen molar-refractivity contribution in [1.82, 2.24) is 4.90 Å². The number of rotatable bonds is 7. The van der Waals surface area contributed by atoms with Crippen molar-refractivity contribution in [3.63, 3.8) is 0 Å². The van der Waals surface area contributed by atoms with Gasteiger partial charge in [0.2, 0.25) is 0 Å². The van der Waals surface area contributed by atoms with Gasteiger partial charge in [0.1, 0.15) is 11.9 Å². The lowest BCUT2D eigenvalue weighted by Crippen LogP contribution is -2.41. The van der Waals surface area contributed by atoms with Crippen LogP contribution in [0.3, 0.4) is 0 Å². The van der Waals surface area contributed by atoms with Crippen LogP contribution in [0.4, 0.5) is 0 Å². The van der Waals surface area contributed by atoms with Crippen molar-refractivity contribution in [2.45, 2.75) is 44.9 Å². The normalized spacial score (nSPS) is 20.0. The number of nitrogens with zero attached hydrogens (tertiary/aromatic N) is 1. The number of benzene rings is 2. The van der Waals surface area contributed by atoms with Crippen molar-refractivity contribution in [1.29, 1.82) is 0 Å². The molecular formula is C23H30N2O3. The summed E-state index contributed by atoms with van der Waals surface area (Å²) in [6.07, 6.45) is 1.24. The molecule has 150 valence electrons. The first-order valence-corrected chi connectivity index (χ1v) is 9.97. The maximum absolute atomic E-state index is 13.0. The highest BCUT2D eigenvalue weighted by Gasteiger charge is 2.34. The first-order chi connectivity index (χ1) is 13.6. The molecule has 3 rings (SSSR count). The molecule has 0 aromatic heterocycles. The monoisotopic (exact) mass is 382 g/mol. The number of carbonyl (C=O) groups excluding carboxylic acids is 1. The molecule has 0 saturated carbocycles. The maximum Gasteiger partial charge on any atom is 0.252 e. The summed E-state index contributed by atoms with van der Waals surface area (Å²) in [6.45, 7) is 5.19. The van der Waals surface area contributed by atoms with Gasteiger partial charge in [-0.1, -0.05) is 36.4 Å². The average Bonchev–Trinajstić information content (AvgIpc) is 3.23. The van der Waals surface area contributed by atoms with Gasteiger partial charge in [-0.25, -0.2) is 0 Å². The van der Waals surface area contributed by atoms with Crippen LogP contribution in [0.15, 0.2) is 48.5 Å². The molecule has 2 aromatic carbocycles. The number of carbonyl (C=O) groups is 1. The molecule has 1 amide bonds. The summed E-state index contributed by atoms with van der Waals surface area (Å²) in [5.41, 5.74) is 9.01. The van der Waals surface area contributed by atoms with Gasteiger partial charge in [-0.05, 0) is 55.5 Å². The first kappa shape index (κ1) is 20.4. The number of hydrogen-bond acceptors (Lipinski definition) is 4. The number of hydrogen-bond donors (Lipinski definition) is 1. The van der Waals surface area contributed by atoms with Crippen LogP contribution >= 0.6 is 0 Å². The number of ether oxygens (including phenoxy) is 2. The van der Waals surface area contributed by atoms with Crippen molar-refractivity contribution in [3.05, 3.63) is 54.1 Å². The molecule has 5 heteroatoms. The molecular weight excluding hydrogens is 352 g/mol. The second kappa shape index (κ2) is 9.22. The van der Waals surface area contributed by atoms with E-state index >= 15 is 0 Å². The Bertz CT molecular complexity index is 791. The minimum absolute atomic E-state index is 0.00473. The van der Waals surface area contributed by atoms with Gasteiger partial charge < -0.3 is 20.1 Å². The highest BCUT2D eigenvalue weighted by atomic mass is 16.5. The Morgan fingerprint density at radius 1 is 1.21 bits per heavy atom. The fourth-order valence-corrected chi connectivity index (χ4v) is 3.80. The summed E-state index contributed by atoms with van der Waals surface area (Å²) in [6, 6.07) is 16.4. The molecule has 1 aliphatic rings. The smallest absolute Gasteiger partial charge is 0.252 e. The molecule has 2 aromatic rings. The minimum Gasteiger partial charge on any atom is -0.497 e. The molecule has 3 atom stereocenters. The lowest BCUT2D eigenvalue weighted by molar-refractivity contribution is -0.144. The predicted molar refractivity (Wildman–Crippen MR) is 111 cm³/mol. The molecule has 1 unspecified atom stereocenters. The van der Waals surface area contributed by atoms with E-state index in [1.807, 2.05) is 30.0 Å². The zero-order valence-electron chi connectivity index (χ0n) is 16.9. The van der Waals surface area contributed by atoms with E-state index in [9.17, 15) is 4.79 Å². The third kappa shape index (κ3) is 4.37. The maximum atomic E-state index is 13.0. The lowest BCUT2D eigenvalue weighted by atomic mass is 10.00. The quantitative estimate of drug-likeness (QED) is 0.791. The topological polar surface area (TPSA) is 64.8 Å².